The molecule has 0 aliphatic heterocycles. The van der Waals surface area contributed by atoms with Gasteiger partial charge in [0.25, 0.3) is 0 Å². The maximum atomic E-state index is 9.03. The molecule has 0 unspecified atom stereocenters. The highest BCUT2D eigenvalue weighted by molar-refractivity contribution is 9.11. The third-order valence-corrected chi connectivity index (χ3v) is 3.03. The summed E-state index contributed by atoms with van der Waals surface area (Å²) in [6, 6.07) is 9.42. The number of benzene rings is 1. The number of halogens is 2. The van der Waals surface area contributed by atoms with Crippen LogP contribution in [-0.4, -0.2) is 0 Å². The Morgan fingerprint density at radius 2 is 2.07 bits per heavy atom. The second-order valence-electron chi connectivity index (χ2n) is 2.90. The van der Waals surface area contributed by atoms with Crippen LogP contribution in [0, 0.1) is 11.3 Å². The van der Waals surface area contributed by atoms with Gasteiger partial charge >= 0.3 is 0 Å². The molecule has 2 nitrogen and oxygen atoms in total. The minimum absolute atomic E-state index is 0.575. The summed E-state index contributed by atoms with van der Waals surface area (Å²) in [5.41, 5.74) is 1.36. The molecule has 0 saturated heterocycles. The Balaban J connectivity index is 2.71. The molecule has 0 N–H and O–H groups in total. The van der Waals surface area contributed by atoms with Gasteiger partial charge in [-0.05, 0) is 40.2 Å². The molecule has 0 saturated carbocycles. The maximum absolute atomic E-state index is 9.03. The number of nitriles is 1. The fraction of sp³-hybridized carbons (Fsp3) is 0. The third-order valence-electron chi connectivity index (χ3n) is 1.94. The molecule has 0 bridgehead atoms. The van der Waals surface area contributed by atoms with Crippen LogP contribution in [0.3, 0.4) is 0 Å². The Hall–Kier alpha value is -1.05. The predicted octanol–water partition coefficient (Wildman–Crippen LogP) is 4.34. The van der Waals surface area contributed by atoms with Crippen molar-refractivity contribution in [3.8, 4) is 17.4 Å². The molecular weight excluding hydrogens is 322 g/mol. The van der Waals surface area contributed by atoms with Crippen LogP contribution >= 0.6 is 31.9 Å². The van der Waals surface area contributed by atoms with Crippen molar-refractivity contribution in [1.29, 1.82) is 5.26 Å². The third kappa shape index (κ3) is 1.99. The molecule has 0 aliphatic carbocycles. The molecule has 1 aromatic heterocycles. The lowest BCUT2D eigenvalue weighted by Gasteiger charge is -2.04. The molecule has 0 amide bonds. The number of nitrogens with zero attached hydrogens (tertiary/aromatic N) is 1. The first-order chi connectivity index (χ1) is 7.22. The number of rotatable bonds is 1. The van der Waals surface area contributed by atoms with Crippen LogP contribution in [-0.2, 0) is 0 Å². The molecule has 1 heterocycles. The molecule has 0 atom stereocenters. The summed E-state index contributed by atoms with van der Waals surface area (Å²) in [7, 11) is 0. The summed E-state index contributed by atoms with van der Waals surface area (Å²) in [5, 5.41) is 9.03. The Labute approximate surface area is 104 Å². The Kier molecular flexibility index (Phi) is 2.94. The summed E-state index contributed by atoms with van der Waals surface area (Å²) < 4.78 is 6.99. The van der Waals surface area contributed by atoms with Gasteiger partial charge in [-0.1, -0.05) is 15.9 Å². The monoisotopic (exact) mass is 325 g/mol. The van der Waals surface area contributed by atoms with Crippen LogP contribution in [0.25, 0.3) is 11.3 Å². The van der Waals surface area contributed by atoms with Crippen LogP contribution in [0.5, 0.6) is 0 Å². The zero-order valence-electron chi connectivity index (χ0n) is 7.50. The van der Waals surface area contributed by atoms with Gasteiger partial charge in [-0.2, -0.15) is 5.26 Å². The summed E-state index contributed by atoms with van der Waals surface area (Å²) in [5.74, 6) is 0.686. The van der Waals surface area contributed by atoms with E-state index in [0.29, 0.717) is 11.3 Å². The molecule has 0 aliphatic rings. The lowest BCUT2D eigenvalue weighted by Crippen LogP contribution is -1.85. The maximum Gasteiger partial charge on any atom is 0.136 e. The molecule has 0 fully saturated rings. The zero-order chi connectivity index (χ0) is 10.8. The second-order valence-corrected chi connectivity index (χ2v) is 4.67. The normalized spacial score (nSPS) is 9.93. The Bertz CT molecular complexity index is 526. The molecule has 2 rings (SSSR count). The van der Waals surface area contributed by atoms with E-state index in [2.05, 4.69) is 37.9 Å². The van der Waals surface area contributed by atoms with Gasteiger partial charge in [0.1, 0.15) is 5.76 Å². The van der Waals surface area contributed by atoms with E-state index in [-0.39, 0.29) is 0 Å². The Morgan fingerprint density at radius 1 is 1.27 bits per heavy atom. The quantitative estimate of drug-likeness (QED) is 0.781. The van der Waals surface area contributed by atoms with Gasteiger partial charge in [0.15, 0.2) is 0 Å². The average Bonchev–Trinajstić information content (AvgIpc) is 2.69. The van der Waals surface area contributed by atoms with Gasteiger partial charge in [0.05, 0.1) is 17.9 Å². The summed E-state index contributed by atoms with van der Waals surface area (Å²) in [6.07, 6.45) is 1.59. The van der Waals surface area contributed by atoms with E-state index in [0.717, 1.165) is 14.5 Å². The first kappa shape index (κ1) is 10.5. The smallest absolute Gasteiger partial charge is 0.136 e. The SMILES string of the molecule is N#Cc1cc(Br)cc(Br)c1-c1ccco1. The predicted molar refractivity (Wildman–Crippen MR) is 64.3 cm³/mol. The molecule has 0 radical (unpaired) electrons. The highest BCUT2D eigenvalue weighted by atomic mass is 79.9. The minimum Gasteiger partial charge on any atom is -0.464 e. The van der Waals surface area contributed by atoms with Crippen molar-refractivity contribution in [2.75, 3.05) is 0 Å². The lowest BCUT2D eigenvalue weighted by molar-refractivity contribution is 0.582. The van der Waals surface area contributed by atoms with Crippen LogP contribution < -0.4 is 0 Å². The minimum atomic E-state index is 0.575. The molecule has 15 heavy (non-hydrogen) atoms. The van der Waals surface area contributed by atoms with Gasteiger partial charge in [-0.25, -0.2) is 0 Å². The first-order valence-corrected chi connectivity index (χ1v) is 5.74. The van der Waals surface area contributed by atoms with E-state index in [4.69, 9.17) is 9.68 Å². The fourth-order valence-corrected chi connectivity index (χ4v) is 2.75. The summed E-state index contributed by atoms with van der Waals surface area (Å²) in [6.45, 7) is 0. The van der Waals surface area contributed by atoms with E-state index in [1.54, 1.807) is 18.4 Å². The molecule has 4 heteroatoms. The first-order valence-electron chi connectivity index (χ1n) is 4.15. The molecule has 74 valence electrons. The molecule has 0 spiro atoms. The zero-order valence-corrected chi connectivity index (χ0v) is 10.7. The van der Waals surface area contributed by atoms with Crippen molar-refractivity contribution >= 4 is 31.9 Å². The Morgan fingerprint density at radius 3 is 2.67 bits per heavy atom. The van der Waals surface area contributed by atoms with E-state index >= 15 is 0 Å². The topological polar surface area (TPSA) is 36.9 Å². The van der Waals surface area contributed by atoms with Crippen molar-refractivity contribution < 1.29 is 4.42 Å². The largest absolute Gasteiger partial charge is 0.464 e. The average molecular weight is 327 g/mol. The van der Waals surface area contributed by atoms with E-state index < -0.39 is 0 Å². The lowest BCUT2D eigenvalue weighted by atomic mass is 10.1. The fourth-order valence-electron chi connectivity index (χ4n) is 1.33. The molecular formula is C11H5Br2NO. The second kappa shape index (κ2) is 4.21. The van der Waals surface area contributed by atoms with Gasteiger partial charge in [0, 0.05) is 14.5 Å². The van der Waals surface area contributed by atoms with Crippen LogP contribution in [0.15, 0.2) is 43.9 Å². The van der Waals surface area contributed by atoms with E-state index in [9.17, 15) is 0 Å². The highest BCUT2D eigenvalue weighted by Gasteiger charge is 2.12. The van der Waals surface area contributed by atoms with E-state index in [1.165, 1.54) is 0 Å². The molecule has 2 aromatic rings. The van der Waals surface area contributed by atoms with Gasteiger partial charge in [-0.3, -0.25) is 0 Å². The van der Waals surface area contributed by atoms with Gasteiger partial charge in [-0.15, -0.1) is 0 Å². The van der Waals surface area contributed by atoms with Gasteiger partial charge in [0.2, 0.25) is 0 Å². The summed E-state index contributed by atoms with van der Waals surface area (Å²) in [4.78, 5) is 0. The van der Waals surface area contributed by atoms with Crippen molar-refractivity contribution in [1.82, 2.24) is 0 Å². The highest BCUT2D eigenvalue weighted by Crippen LogP contribution is 2.34. The van der Waals surface area contributed by atoms with Crippen LogP contribution in [0.4, 0.5) is 0 Å². The van der Waals surface area contributed by atoms with E-state index in [1.807, 2.05) is 12.1 Å². The van der Waals surface area contributed by atoms with Crippen molar-refractivity contribution in [2.45, 2.75) is 0 Å². The van der Waals surface area contributed by atoms with Crippen LogP contribution in [0.1, 0.15) is 5.56 Å². The van der Waals surface area contributed by atoms with Crippen molar-refractivity contribution in [3.05, 3.63) is 45.0 Å². The standard InChI is InChI=1S/C11H5Br2NO/c12-8-4-7(6-14)11(9(13)5-8)10-2-1-3-15-10/h1-5H. The van der Waals surface area contributed by atoms with Crippen molar-refractivity contribution in [3.63, 3.8) is 0 Å². The number of hydrogen-bond acceptors (Lipinski definition) is 2. The van der Waals surface area contributed by atoms with Crippen molar-refractivity contribution in [2.24, 2.45) is 0 Å². The molecule has 1 aromatic carbocycles. The number of hydrogen-bond donors (Lipinski definition) is 0. The van der Waals surface area contributed by atoms with Crippen LogP contribution in [0.2, 0.25) is 0 Å². The summed E-state index contributed by atoms with van der Waals surface area (Å²) >= 11 is 6.76. The number of furan rings is 1. The van der Waals surface area contributed by atoms with Gasteiger partial charge < -0.3 is 4.42 Å².